The van der Waals surface area contributed by atoms with Crippen molar-refractivity contribution in [3.05, 3.63) is 17.7 Å². The van der Waals surface area contributed by atoms with Crippen molar-refractivity contribution in [2.24, 2.45) is 0 Å². The van der Waals surface area contributed by atoms with Crippen LogP contribution in [-0.2, 0) is 9.59 Å². The second-order valence-corrected chi connectivity index (χ2v) is 5.32. The minimum atomic E-state index is -1.15. The number of carbonyl (C=O) groups is 3. The van der Waals surface area contributed by atoms with Crippen molar-refractivity contribution < 1.29 is 29.0 Å². The summed E-state index contributed by atoms with van der Waals surface area (Å²) in [4.78, 5) is 34.8. The van der Waals surface area contributed by atoms with Gasteiger partial charge in [-0.15, -0.1) is 0 Å². The molecule has 8 nitrogen and oxygen atoms in total. The number of carboxylic acids is 1. The van der Waals surface area contributed by atoms with Gasteiger partial charge >= 0.3 is 5.97 Å². The first-order valence-corrected chi connectivity index (χ1v) is 7.98. The van der Waals surface area contributed by atoms with Crippen LogP contribution in [-0.4, -0.2) is 43.7 Å². The maximum Gasteiger partial charge on any atom is 0.335 e. The number of methoxy groups -OCH3 is 2. The number of carboxylic acid groups (broad SMARTS) is 1. The van der Waals surface area contributed by atoms with E-state index in [1.807, 2.05) is 6.92 Å². The number of hydrogen-bond acceptors (Lipinski definition) is 5. The lowest BCUT2D eigenvalue weighted by Gasteiger charge is -2.14. The van der Waals surface area contributed by atoms with Crippen molar-refractivity contribution in [3.63, 3.8) is 0 Å². The summed E-state index contributed by atoms with van der Waals surface area (Å²) >= 11 is 0. The zero-order chi connectivity index (χ0) is 18.8. The van der Waals surface area contributed by atoms with Crippen LogP contribution in [0.1, 0.15) is 43.0 Å². The molecule has 0 unspecified atom stereocenters. The summed E-state index contributed by atoms with van der Waals surface area (Å²) in [7, 11) is 2.77. The number of rotatable bonds is 10. The molecule has 0 aliphatic carbocycles. The van der Waals surface area contributed by atoms with Crippen molar-refractivity contribution in [2.45, 2.75) is 32.6 Å². The fourth-order valence-electron chi connectivity index (χ4n) is 2.16. The Hall–Kier alpha value is -2.77. The van der Waals surface area contributed by atoms with Gasteiger partial charge in [0.2, 0.25) is 11.8 Å². The molecule has 3 N–H and O–H groups in total. The van der Waals surface area contributed by atoms with Gasteiger partial charge in [0.25, 0.3) is 0 Å². The lowest BCUT2D eigenvalue weighted by molar-refractivity contribution is -0.121. The van der Waals surface area contributed by atoms with Gasteiger partial charge in [0, 0.05) is 19.4 Å². The standard InChI is InChI=1S/C17H24N2O6/c1-4-8-18-14(20)6-5-7-15(21)19-12-9-11(17(22)23)10-13(24-2)16(12)25-3/h9-10H,4-8H2,1-3H3,(H,18,20)(H,19,21)(H,22,23). The smallest absolute Gasteiger partial charge is 0.335 e. The first-order valence-electron chi connectivity index (χ1n) is 7.98. The predicted octanol–water partition coefficient (Wildman–Crippen LogP) is 2.04. The first-order chi connectivity index (χ1) is 11.9. The number of anilines is 1. The number of ether oxygens (including phenoxy) is 2. The molecule has 138 valence electrons. The molecule has 0 aliphatic rings. The summed E-state index contributed by atoms with van der Waals surface area (Å²) in [6.45, 7) is 2.57. The lowest BCUT2D eigenvalue weighted by atomic mass is 10.1. The predicted molar refractivity (Wildman–Crippen MR) is 92.3 cm³/mol. The second-order valence-electron chi connectivity index (χ2n) is 5.32. The second kappa shape index (κ2) is 10.2. The van der Waals surface area contributed by atoms with Gasteiger partial charge in [-0.25, -0.2) is 4.79 Å². The Morgan fingerprint density at radius 3 is 2.32 bits per heavy atom. The average Bonchev–Trinajstić information content (AvgIpc) is 2.58. The molecule has 0 saturated heterocycles. The molecule has 0 heterocycles. The molecule has 0 spiro atoms. The molecule has 2 amide bonds. The molecule has 0 radical (unpaired) electrons. The van der Waals surface area contributed by atoms with Crippen molar-refractivity contribution in [3.8, 4) is 11.5 Å². The van der Waals surface area contributed by atoms with Gasteiger partial charge in [0.05, 0.1) is 25.5 Å². The highest BCUT2D eigenvalue weighted by atomic mass is 16.5. The van der Waals surface area contributed by atoms with Crippen LogP contribution in [0.25, 0.3) is 0 Å². The minimum absolute atomic E-state index is 0.0353. The van der Waals surface area contributed by atoms with Gasteiger partial charge in [-0.1, -0.05) is 6.92 Å². The van der Waals surface area contributed by atoms with E-state index in [-0.39, 0.29) is 47.4 Å². The monoisotopic (exact) mass is 352 g/mol. The van der Waals surface area contributed by atoms with E-state index in [0.717, 1.165) is 6.42 Å². The SMILES string of the molecule is CCCNC(=O)CCCC(=O)Nc1cc(C(=O)O)cc(OC)c1OC. The molecule has 0 bridgehead atoms. The summed E-state index contributed by atoms with van der Waals surface area (Å²) in [6, 6.07) is 2.62. The van der Waals surface area contributed by atoms with E-state index in [4.69, 9.17) is 14.6 Å². The van der Waals surface area contributed by atoms with Gasteiger partial charge < -0.3 is 25.2 Å². The number of amides is 2. The van der Waals surface area contributed by atoms with E-state index >= 15 is 0 Å². The zero-order valence-electron chi connectivity index (χ0n) is 14.7. The van der Waals surface area contributed by atoms with Crippen LogP contribution in [0, 0.1) is 0 Å². The van der Waals surface area contributed by atoms with Crippen LogP contribution >= 0.6 is 0 Å². The van der Waals surface area contributed by atoms with Gasteiger partial charge in [0.1, 0.15) is 0 Å². The largest absolute Gasteiger partial charge is 0.493 e. The topological polar surface area (TPSA) is 114 Å². The van der Waals surface area contributed by atoms with Crippen LogP contribution in [0.4, 0.5) is 5.69 Å². The third-order valence-electron chi connectivity index (χ3n) is 3.38. The Balaban J connectivity index is 2.74. The molecule has 8 heteroatoms. The molecule has 25 heavy (non-hydrogen) atoms. The Morgan fingerprint density at radius 1 is 1.08 bits per heavy atom. The Bertz CT molecular complexity index is 630. The lowest BCUT2D eigenvalue weighted by Crippen LogP contribution is -2.24. The number of benzene rings is 1. The summed E-state index contributed by atoms with van der Waals surface area (Å²) in [5.74, 6) is -1.14. The molecule has 0 saturated carbocycles. The van der Waals surface area contributed by atoms with Crippen LogP contribution in [0.2, 0.25) is 0 Å². The molecule has 0 aliphatic heterocycles. The van der Waals surface area contributed by atoms with E-state index in [2.05, 4.69) is 10.6 Å². The van der Waals surface area contributed by atoms with E-state index in [0.29, 0.717) is 13.0 Å². The molecule has 1 aromatic rings. The van der Waals surface area contributed by atoms with Crippen LogP contribution in [0.5, 0.6) is 11.5 Å². The highest BCUT2D eigenvalue weighted by Crippen LogP contribution is 2.36. The van der Waals surface area contributed by atoms with Crippen molar-refractivity contribution in [1.82, 2.24) is 5.32 Å². The van der Waals surface area contributed by atoms with E-state index in [9.17, 15) is 14.4 Å². The van der Waals surface area contributed by atoms with E-state index in [1.54, 1.807) is 0 Å². The summed E-state index contributed by atoms with van der Waals surface area (Å²) in [5.41, 5.74) is 0.173. The third-order valence-corrected chi connectivity index (χ3v) is 3.38. The Kier molecular flexibility index (Phi) is 8.25. The molecule has 0 aromatic heterocycles. The van der Waals surface area contributed by atoms with Gasteiger partial charge in [-0.3, -0.25) is 9.59 Å². The van der Waals surface area contributed by atoms with Gasteiger partial charge in [-0.05, 0) is 25.0 Å². The molecular formula is C17H24N2O6. The number of nitrogens with one attached hydrogen (secondary N) is 2. The molecule has 1 aromatic carbocycles. The molecule has 0 fully saturated rings. The summed E-state index contributed by atoms with van der Waals surface area (Å²) in [5, 5.41) is 14.5. The average molecular weight is 352 g/mol. The number of hydrogen-bond donors (Lipinski definition) is 3. The van der Waals surface area contributed by atoms with Crippen LogP contribution < -0.4 is 20.1 Å². The van der Waals surface area contributed by atoms with E-state index in [1.165, 1.54) is 26.4 Å². The fourth-order valence-corrected chi connectivity index (χ4v) is 2.16. The maximum absolute atomic E-state index is 12.1. The van der Waals surface area contributed by atoms with Crippen molar-refractivity contribution >= 4 is 23.5 Å². The minimum Gasteiger partial charge on any atom is -0.493 e. The van der Waals surface area contributed by atoms with Gasteiger partial charge in [0.15, 0.2) is 11.5 Å². The van der Waals surface area contributed by atoms with Gasteiger partial charge in [-0.2, -0.15) is 0 Å². The van der Waals surface area contributed by atoms with Crippen LogP contribution in [0.15, 0.2) is 12.1 Å². The highest BCUT2D eigenvalue weighted by molar-refractivity contribution is 5.96. The number of aromatic carboxylic acids is 1. The maximum atomic E-state index is 12.1. The zero-order valence-corrected chi connectivity index (χ0v) is 14.7. The fraction of sp³-hybridized carbons (Fsp3) is 0.471. The first kappa shape index (κ1) is 20.3. The Morgan fingerprint density at radius 2 is 1.76 bits per heavy atom. The highest BCUT2D eigenvalue weighted by Gasteiger charge is 2.17. The van der Waals surface area contributed by atoms with Crippen molar-refractivity contribution in [2.75, 3.05) is 26.1 Å². The molecular weight excluding hydrogens is 328 g/mol. The Labute approximate surface area is 146 Å². The quantitative estimate of drug-likeness (QED) is 0.594. The molecule has 1 rings (SSSR count). The summed E-state index contributed by atoms with van der Waals surface area (Å²) in [6.07, 6.45) is 1.62. The summed E-state index contributed by atoms with van der Waals surface area (Å²) < 4.78 is 10.3. The van der Waals surface area contributed by atoms with Crippen molar-refractivity contribution in [1.29, 1.82) is 0 Å². The molecule has 0 atom stereocenters. The van der Waals surface area contributed by atoms with E-state index < -0.39 is 5.97 Å². The van der Waals surface area contributed by atoms with Crippen LogP contribution in [0.3, 0.4) is 0 Å². The normalized spacial score (nSPS) is 10.0. The number of carbonyl (C=O) groups excluding carboxylic acids is 2. The third kappa shape index (κ3) is 6.33.